The highest BCUT2D eigenvalue weighted by molar-refractivity contribution is 8.00. The molecule has 0 spiro atoms. The van der Waals surface area contributed by atoms with Gasteiger partial charge < -0.3 is 15.2 Å². The van der Waals surface area contributed by atoms with Crippen molar-refractivity contribution >= 4 is 17.7 Å². The van der Waals surface area contributed by atoms with Gasteiger partial charge >= 0.3 is 0 Å². The SMILES string of the molecule is CCOc1ccc(SCC(=O)NC[C@H](C)O)cc1. The maximum atomic E-state index is 11.4. The van der Waals surface area contributed by atoms with Crippen molar-refractivity contribution < 1.29 is 14.6 Å². The van der Waals surface area contributed by atoms with Crippen LogP contribution in [0, 0.1) is 0 Å². The maximum Gasteiger partial charge on any atom is 0.230 e. The van der Waals surface area contributed by atoms with Crippen molar-refractivity contribution in [1.29, 1.82) is 0 Å². The molecule has 1 amide bonds. The Hall–Kier alpha value is -1.20. The van der Waals surface area contributed by atoms with Gasteiger partial charge in [-0.1, -0.05) is 0 Å². The third kappa shape index (κ3) is 5.93. The standard InChI is InChI=1S/C13H19NO3S/c1-3-17-11-4-6-12(7-5-11)18-9-13(16)14-8-10(2)15/h4-7,10,15H,3,8-9H2,1-2H3,(H,14,16)/t10-/m0/s1. The van der Waals surface area contributed by atoms with E-state index in [2.05, 4.69) is 5.32 Å². The Labute approximate surface area is 112 Å². The lowest BCUT2D eigenvalue weighted by Gasteiger charge is -2.07. The number of amides is 1. The van der Waals surface area contributed by atoms with E-state index in [0.29, 0.717) is 18.9 Å². The smallest absolute Gasteiger partial charge is 0.230 e. The number of thioether (sulfide) groups is 1. The van der Waals surface area contributed by atoms with Crippen molar-refractivity contribution in [3.8, 4) is 5.75 Å². The number of ether oxygens (including phenoxy) is 1. The first kappa shape index (κ1) is 14.9. The first-order valence-corrected chi connectivity index (χ1v) is 6.90. The Balaban J connectivity index is 2.32. The maximum absolute atomic E-state index is 11.4. The van der Waals surface area contributed by atoms with Gasteiger partial charge in [0.25, 0.3) is 0 Å². The van der Waals surface area contributed by atoms with E-state index in [1.54, 1.807) is 6.92 Å². The zero-order chi connectivity index (χ0) is 13.4. The van der Waals surface area contributed by atoms with Gasteiger partial charge in [0, 0.05) is 11.4 Å². The van der Waals surface area contributed by atoms with Gasteiger partial charge in [-0.2, -0.15) is 0 Å². The molecule has 0 aromatic heterocycles. The fraction of sp³-hybridized carbons (Fsp3) is 0.462. The molecular formula is C13H19NO3S. The predicted octanol–water partition coefficient (Wildman–Crippen LogP) is 1.67. The summed E-state index contributed by atoms with van der Waals surface area (Å²) in [5.41, 5.74) is 0. The van der Waals surface area contributed by atoms with Crippen LogP contribution in [0.25, 0.3) is 0 Å². The number of carbonyl (C=O) groups excluding carboxylic acids is 1. The van der Waals surface area contributed by atoms with Crippen LogP contribution < -0.4 is 10.1 Å². The second-order valence-electron chi connectivity index (χ2n) is 3.85. The van der Waals surface area contributed by atoms with Crippen molar-refractivity contribution in [2.75, 3.05) is 18.9 Å². The number of hydrogen-bond donors (Lipinski definition) is 2. The van der Waals surface area contributed by atoms with Gasteiger partial charge in [-0.3, -0.25) is 4.79 Å². The fourth-order valence-corrected chi connectivity index (χ4v) is 1.99. The molecule has 0 saturated carbocycles. The van der Waals surface area contributed by atoms with E-state index in [-0.39, 0.29) is 5.91 Å². The summed E-state index contributed by atoms with van der Waals surface area (Å²) in [5, 5.41) is 11.7. The average molecular weight is 269 g/mol. The summed E-state index contributed by atoms with van der Waals surface area (Å²) in [6, 6.07) is 7.63. The molecule has 0 bridgehead atoms. The van der Waals surface area contributed by atoms with E-state index in [1.807, 2.05) is 31.2 Å². The summed E-state index contributed by atoms with van der Waals surface area (Å²) in [4.78, 5) is 12.4. The number of nitrogens with one attached hydrogen (secondary N) is 1. The summed E-state index contributed by atoms with van der Waals surface area (Å²) in [6.07, 6.45) is -0.510. The lowest BCUT2D eigenvalue weighted by Crippen LogP contribution is -2.31. The van der Waals surface area contributed by atoms with Gasteiger partial charge in [0.15, 0.2) is 0 Å². The minimum atomic E-state index is -0.510. The summed E-state index contributed by atoms with van der Waals surface area (Å²) >= 11 is 1.46. The summed E-state index contributed by atoms with van der Waals surface area (Å²) in [6.45, 7) is 4.52. The number of benzene rings is 1. The van der Waals surface area contributed by atoms with Crippen LogP contribution in [-0.2, 0) is 4.79 Å². The third-order valence-corrected chi connectivity index (χ3v) is 3.11. The number of rotatable bonds is 7. The highest BCUT2D eigenvalue weighted by Gasteiger charge is 2.04. The van der Waals surface area contributed by atoms with E-state index in [9.17, 15) is 4.79 Å². The molecule has 0 heterocycles. The van der Waals surface area contributed by atoms with Crippen LogP contribution in [0.4, 0.5) is 0 Å². The van der Waals surface area contributed by atoms with Gasteiger partial charge in [-0.05, 0) is 38.1 Å². The predicted molar refractivity (Wildman–Crippen MR) is 73.0 cm³/mol. The third-order valence-electron chi connectivity index (χ3n) is 2.10. The van der Waals surface area contributed by atoms with Gasteiger partial charge in [0.05, 0.1) is 18.5 Å². The minimum Gasteiger partial charge on any atom is -0.494 e. The molecule has 4 nitrogen and oxygen atoms in total. The topological polar surface area (TPSA) is 58.6 Å². The van der Waals surface area contributed by atoms with Crippen LogP contribution in [0.15, 0.2) is 29.2 Å². The Kier molecular flexibility index (Phi) is 6.60. The molecule has 1 aromatic carbocycles. The number of aliphatic hydroxyl groups excluding tert-OH is 1. The van der Waals surface area contributed by atoms with E-state index >= 15 is 0 Å². The van der Waals surface area contributed by atoms with Crippen molar-refractivity contribution in [2.24, 2.45) is 0 Å². The van der Waals surface area contributed by atoms with Crippen molar-refractivity contribution in [3.63, 3.8) is 0 Å². The zero-order valence-electron chi connectivity index (χ0n) is 10.7. The van der Waals surface area contributed by atoms with Gasteiger partial charge in [-0.25, -0.2) is 0 Å². The molecule has 2 N–H and O–H groups in total. The number of hydrogen-bond acceptors (Lipinski definition) is 4. The molecule has 0 saturated heterocycles. The minimum absolute atomic E-state index is 0.0743. The molecule has 0 radical (unpaired) electrons. The second kappa shape index (κ2) is 8.00. The van der Waals surface area contributed by atoms with Crippen LogP contribution in [0.3, 0.4) is 0 Å². The fourth-order valence-electron chi connectivity index (χ4n) is 1.26. The van der Waals surface area contributed by atoms with Crippen LogP contribution in [0.1, 0.15) is 13.8 Å². The first-order chi connectivity index (χ1) is 8.61. The first-order valence-electron chi connectivity index (χ1n) is 5.92. The molecule has 5 heteroatoms. The van der Waals surface area contributed by atoms with Crippen LogP contribution in [0.2, 0.25) is 0 Å². The van der Waals surface area contributed by atoms with E-state index in [0.717, 1.165) is 10.6 Å². The lowest BCUT2D eigenvalue weighted by molar-refractivity contribution is -0.118. The van der Waals surface area contributed by atoms with E-state index in [4.69, 9.17) is 9.84 Å². The molecule has 1 rings (SSSR count). The van der Waals surface area contributed by atoms with Crippen molar-refractivity contribution in [2.45, 2.75) is 24.8 Å². The second-order valence-corrected chi connectivity index (χ2v) is 4.89. The summed E-state index contributed by atoms with van der Waals surface area (Å²) < 4.78 is 5.34. The zero-order valence-corrected chi connectivity index (χ0v) is 11.5. The van der Waals surface area contributed by atoms with Crippen LogP contribution in [-0.4, -0.2) is 36.0 Å². The Morgan fingerprint density at radius 3 is 2.67 bits per heavy atom. The van der Waals surface area contributed by atoms with Crippen LogP contribution in [0.5, 0.6) is 5.75 Å². The number of aliphatic hydroxyl groups is 1. The molecule has 1 atom stereocenters. The average Bonchev–Trinajstić information content (AvgIpc) is 2.36. The van der Waals surface area contributed by atoms with E-state index < -0.39 is 6.10 Å². The van der Waals surface area contributed by atoms with Gasteiger partial charge in [0.2, 0.25) is 5.91 Å². The molecule has 0 aliphatic heterocycles. The quantitative estimate of drug-likeness (QED) is 0.739. The van der Waals surface area contributed by atoms with E-state index in [1.165, 1.54) is 11.8 Å². The molecule has 100 valence electrons. The van der Waals surface area contributed by atoms with Crippen molar-refractivity contribution in [1.82, 2.24) is 5.32 Å². The molecule has 0 unspecified atom stereocenters. The van der Waals surface area contributed by atoms with Crippen LogP contribution >= 0.6 is 11.8 Å². The molecule has 1 aromatic rings. The summed E-state index contributed by atoms with van der Waals surface area (Å²) in [7, 11) is 0. The van der Waals surface area contributed by atoms with Gasteiger partial charge in [-0.15, -0.1) is 11.8 Å². The summed E-state index contributed by atoms with van der Waals surface area (Å²) in [5.74, 6) is 1.11. The Morgan fingerprint density at radius 2 is 2.11 bits per heavy atom. The molecule has 0 fully saturated rings. The molecule has 0 aliphatic rings. The lowest BCUT2D eigenvalue weighted by atomic mass is 10.3. The molecule has 18 heavy (non-hydrogen) atoms. The molecular weight excluding hydrogens is 250 g/mol. The van der Waals surface area contributed by atoms with Gasteiger partial charge in [0.1, 0.15) is 5.75 Å². The normalized spacial score (nSPS) is 11.9. The number of carbonyl (C=O) groups is 1. The highest BCUT2D eigenvalue weighted by atomic mass is 32.2. The monoisotopic (exact) mass is 269 g/mol. The molecule has 0 aliphatic carbocycles. The Bertz CT molecular complexity index is 365. The van der Waals surface area contributed by atoms with Crippen molar-refractivity contribution in [3.05, 3.63) is 24.3 Å². The largest absolute Gasteiger partial charge is 0.494 e. The Morgan fingerprint density at radius 1 is 1.44 bits per heavy atom. The highest BCUT2D eigenvalue weighted by Crippen LogP contribution is 2.21.